The molecule has 0 unspecified atom stereocenters. The zero-order valence-electron chi connectivity index (χ0n) is 16.4. The molecule has 2 amide bonds. The minimum atomic E-state index is -0.0620. The molecule has 0 spiro atoms. The van der Waals surface area contributed by atoms with Crippen molar-refractivity contribution in [1.29, 1.82) is 0 Å². The monoisotopic (exact) mass is 372 g/mol. The van der Waals surface area contributed by atoms with Crippen LogP contribution in [0.5, 0.6) is 0 Å². The van der Waals surface area contributed by atoms with Gasteiger partial charge >= 0.3 is 0 Å². The highest BCUT2D eigenvalue weighted by atomic mass is 16.5. The van der Waals surface area contributed by atoms with Crippen LogP contribution in [0.2, 0.25) is 0 Å². The van der Waals surface area contributed by atoms with Crippen LogP contribution in [-0.2, 0) is 22.6 Å². The number of nitrogens with one attached hydrogen (secondary N) is 2. The van der Waals surface area contributed by atoms with E-state index in [-0.39, 0.29) is 23.7 Å². The maximum Gasteiger partial charge on any atom is 0.226 e. The van der Waals surface area contributed by atoms with Crippen LogP contribution in [0.15, 0.2) is 28.8 Å². The summed E-state index contributed by atoms with van der Waals surface area (Å²) in [6.45, 7) is 8.16. The molecule has 0 aliphatic carbocycles. The van der Waals surface area contributed by atoms with Crippen molar-refractivity contribution >= 4 is 17.5 Å². The number of benzene rings is 1. The Morgan fingerprint density at radius 3 is 2.41 bits per heavy atom. The van der Waals surface area contributed by atoms with E-state index in [1.807, 2.05) is 52.0 Å². The summed E-state index contributed by atoms with van der Waals surface area (Å²) < 4.78 is 5.17. The van der Waals surface area contributed by atoms with E-state index in [9.17, 15) is 9.59 Å². The molecule has 1 aromatic heterocycles. The van der Waals surface area contributed by atoms with Crippen molar-refractivity contribution in [2.24, 2.45) is 5.92 Å². The Balaban J connectivity index is 1.69. The standard InChI is InChI=1S/C20H28N4O3/c1-13(2)19-23-18(27-24-19)7-5-6-17(25)21-12-15-8-10-16(11-9-15)22-20(26)14(3)4/h8-11,13-14H,5-7,12H2,1-4H3,(H,21,25)(H,22,26). The highest BCUT2D eigenvalue weighted by Crippen LogP contribution is 2.12. The highest BCUT2D eigenvalue weighted by molar-refractivity contribution is 5.92. The van der Waals surface area contributed by atoms with Crippen molar-refractivity contribution in [2.45, 2.75) is 59.4 Å². The lowest BCUT2D eigenvalue weighted by atomic mass is 10.1. The summed E-state index contributed by atoms with van der Waals surface area (Å²) >= 11 is 0. The number of hydrogen-bond acceptors (Lipinski definition) is 5. The van der Waals surface area contributed by atoms with E-state index in [1.165, 1.54) is 0 Å². The van der Waals surface area contributed by atoms with E-state index in [2.05, 4.69) is 20.8 Å². The first kappa shape index (κ1) is 20.6. The fourth-order valence-corrected chi connectivity index (χ4v) is 2.29. The molecule has 7 nitrogen and oxygen atoms in total. The normalized spacial score (nSPS) is 11.0. The number of amides is 2. The lowest BCUT2D eigenvalue weighted by Crippen LogP contribution is -2.22. The lowest BCUT2D eigenvalue weighted by Gasteiger charge is -2.09. The Morgan fingerprint density at radius 1 is 1.11 bits per heavy atom. The van der Waals surface area contributed by atoms with Gasteiger partial charge in [-0.1, -0.05) is 45.0 Å². The average Bonchev–Trinajstić information content (AvgIpc) is 3.10. The van der Waals surface area contributed by atoms with E-state index >= 15 is 0 Å². The Hall–Kier alpha value is -2.70. The zero-order chi connectivity index (χ0) is 19.8. The van der Waals surface area contributed by atoms with Gasteiger partial charge in [-0.15, -0.1) is 0 Å². The van der Waals surface area contributed by atoms with Crippen LogP contribution in [0, 0.1) is 5.92 Å². The smallest absolute Gasteiger partial charge is 0.226 e. The molecule has 0 fully saturated rings. The molecule has 0 bridgehead atoms. The van der Waals surface area contributed by atoms with E-state index < -0.39 is 0 Å². The predicted octanol–water partition coefficient (Wildman–Crippen LogP) is 3.43. The molecule has 0 aliphatic heterocycles. The fraction of sp³-hybridized carbons (Fsp3) is 0.500. The van der Waals surface area contributed by atoms with E-state index in [4.69, 9.17) is 4.52 Å². The average molecular weight is 372 g/mol. The van der Waals surface area contributed by atoms with Gasteiger partial charge < -0.3 is 15.2 Å². The third kappa shape index (κ3) is 6.84. The predicted molar refractivity (Wildman–Crippen MR) is 103 cm³/mol. The molecule has 2 aromatic rings. The van der Waals surface area contributed by atoms with Crippen molar-refractivity contribution in [2.75, 3.05) is 5.32 Å². The summed E-state index contributed by atoms with van der Waals surface area (Å²) in [6.07, 6.45) is 1.66. The molecule has 7 heteroatoms. The number of aromatic nitrogens is 2. The summed E-state index contributed by atoms with van der Waals surface area (Å²) in [7, 11) is 0. The number of carbonyl (C=O) groups is 2. The van der Waals surface area contributed by atoms with Gasteiger partial charge in [0.2, 0.25) is 17.7 Å². The van der Waals surface area contributed by atoms with Gasteiger partial charge in [-0.25, -0.2) is 0 Å². The fourth-order valence-electron chi connectivity index (χ4n) is 2.29. The largest absolute Gasteiger partial charge is 0.352 e. The molecule has 27 heavy (non-hydrogen) atoms. The molecule has 1 heterocycles. The van der Waals surface area contributed by atoms with Crippen molar-refractivity contribution in [3.05, 3.63) is 41.5 Å². The van der Waals surface area contributed by atoms with Gasteiger partial charge in [0.25, 0.3) is 0 Å². The number of hydrogen-bond donors (Lipinski definition) is 2. The second-order valence-corrected chi connectivity index (χ2v) is 7.17. The first-order valence-electron chi connectivity index (χ1n) is 9.34. The quantitative estimate of drug-likeness (QED) is 0.703. The van der Waals surface area contributed by atoms with Crippen molar-refractivity contribution < 1.29 is 14.1 Å². The maximum absolute atomic E-state index is 12.0. The van der Waals surface area contributed by atoms with Crippen molar-refractivity contribution in [1.82, 2.24) is 15.5 Å². The summed E-state index contributed by atoms with van der Waals surface area (Å²) in [4.78, 5) is 27.9. The number of carbonyl (C=O) groups excluding carboxylic acids is 2. The van der Waals surface area contributed by atoms with Crippen LogP contribution < -0.4 is 10.6 Å². The zero-order valence-corrected chi connectivity index (χ0v) is 16.4. The maximum atomic E-state index is 12.0. The van der Waals surface area contributed by atoms with Gasteiger partial charge in [0.05, 0.1) is 0 Å². The molecule has 146 valence electrons. The van der Waals surface area contributed by atoms with Crippen molar-refractivity contribution in [3.63, 3.8) is 0 Å². The van der Waals surface area contributed by atoms with Gasteiger partial charge in [-0.3, -0.25) is 9.59 Å². The lowest BCUT2D eigenvalue weighted by molar-refractivity contribution is -0.121. The Kier molecular flexibility index (Phi) is 7.52. The minimum Gasteiger partial charge on any atom is -0.352 e. The molecule has 0 aliphatic rings. The highest BCUT2D eigenvalue weighted by Gasteiger charge is 2.10. The topological polar surface area (TPSA) is 97.1 Å². The minimum absolute atomic E-state index is 0.0159. The van der Waals surface area contributed by atoms with E-state index in [0.717, 1.165) is 11.3 Å². The molecule has 0 radical (unpaired) electrons. The third-order valence-corrected chi connectivity index (χ3v) is 4.03. The molecule has 0 saturated carbocycles. The summed E-state index contributed by atoms with van der Waals surface area (Å²) in [5, 5.41) is 9.64. The number of anilines is 1. The van der Waals surface area contributed by atoms with E-state index in [0.29, 0.717) is 37.5 Å². The molecule has 0 saturated heterocycles. The van der Waals surface area contributed by atoms with Crippen LogP contribution in [0.3, 0.4) is 0 Å². The third-order valence-electron chi connectivity index (χ3n) is 4.03. The van der Waals surface area contributed by atoms with E-state index in [1.54, 1.807) is 0 Å². The molecule has 0 atom stereocenters. The molecule has 1 aromatic carbocycles. The van der Waals surface area contributed by atoms with Gasteiger partial charge in [0.15, 0.2) is 5.82 Å². The van der Waals surface area contributed by atoms with Gasteiger partial charge in [-0.2, -0.15) is 4.98 Å². The number of rotatable bonds is 9. The Morgan fingerprint density at radius 2 is 1.81 bits per heavy atom. The molecular weight excluding hydrogens is 344 g/mol. The van der Waals surface area contributed by atoms with Crippen LogP contribution in [0.4, 0.5) is 5.69 Å². The van der Waals surface area contributed by atoms with Crippen LogP contribution in [0.1, 0.15) is 63.7 Å². The molecule has 2 rings (SSSR count). The summed E-state index contributed by atoms with van der Waals surface area (Å²) in [6, 6.07) is 7.46. The van der Waals surface area contributed by atoms with Gasteiger partial charge in [0, 0.05) is 36.9 Å². The first-order chi connectivity index (χ1) is 12.8. The van der Waals surface area contributed by atoms with Crippen LogP contribution in [0.25, 0.3) is 0 Å². The Labute approximate surface area is 159 Å². The van der Waals surface area contributed by atoms with Crippen molar-refractivity contribution in [3.8, 4) is 0 Å². The Bertz CT molecular complexity index is 751. The number of aryl methyl sites for hydroxylation is 1. The van der Waals surface area contributed by atoms with Crippen LogP contribution >= 0.6 is 0 Å². The SMILES string of the molecule is CC(C)C(=O)Nc1ccc(CNC(=O)CCCc2nc(C(C)C)no2)cc1. The summed E-state index contributed by atoms with van der Waals surface area (Å²) in [5.41, 5.74) is 1.73. The second-order valence-electron chi connectivity index (χ2n) is 7.17. The molecular formula is C20H28N4O3. The van der Waals surface area contributed by atoms with Gasteiger partial charge in [-0.05, 0) is 24.1 Å². The molecule has 2 N–H and O–H groups in total. The number of nitrogens with zero attached hydrogens (tertiary/aromatic N) is 2. The van der Waals surface area contributed by atoms with Gasteiger partial charge in [0.1, 0.15) is 0 Å². The second kappa shape index (κ2) is 9.85. The summed E-state index contributed by atoms with van der Waals surface area (Å²) in [5.74, 6) is 1.41. The van der Waals surface area contributed by atoms with Crippen LogP contribution in [-0.4, -0.2) is 22.0 Å². The first-order valence-corrected chi connectivity index (χ1v) is 9.34.